The van der Waals surface area contributed by atoms with E-state index in [1.165, 1.54) is 22.3 Å². The standard InChI is InChI=1S/C61H56N4O.Pt/c1-9-41(10-2)43-32-33-62-58(36-43)65-54-27-15-14-24-52(54)53-31-30-49(39-57(53)65)66-48-23-18-22-47(38-48)63-40-64(56-29-17-16-28-55(56)63)59-50(42-20-12-11-13-21-42)25-19-26-51(59)44-34-45(60(3,4)5)37-46(35-44)61(6,7)8;/h11-37,41H,9-10H2,1-8H3;/q-2;. The summed E-state index contributed by atoms with van der Waals surface area (Å²) in [5, 5.41) is 2.24. The van der Waals surface area contributed by atoms with Gasteiger partial charge in [0, 0.05) is 44.3 Å². The number of nitrogens with zero attached hydrogens (tertiary/aromatic N) is 4. The Morgan fingerprint density at radius 3 is 1.96 bits per heavy atom. The summed E-state index contributed by atoms with van der Waals surface area (Å²) in [4.78, 5) is 4.90. The monoisotopic (exact) mass is 1060 g/mol. The molecule has 0 fully saturated rings. The smallest absolute Gasteiger partial charge is 0.268 e. The van der Waals surface area contributed by atoms with Crippen LogP contribution >= 0.6 is 0 Å². The first-order chi connectivity index (χ1) is 31.9. The van der Waals surface area contributed by atoms with Crippen LogP contribution in [0.1, 0.15) is 90.8 Å². The van der Waals surface area contributed by atoms with Crippen molar-refractivity contribution in [3.8, 4) is 50.9 Å². The van der Waals surface area contributed by atoms with Crippen molar-refractivity contribution in [3.63, 3.8) is 0 Å². The van der Waals surface area contributed by atoms with Crippen LogP contribution in [-0.4, -0.2) is 14.1 Å². The van der Waals surface area contributed by atoms with E-state index in [-0.39, 0.29) is 31.9 Å². The molecule has 10 aromatic rings. The van der Waals surface area contributed by atoms with Gasteiger partial charge in [-0.1, -0.05) is 170 Å². The van der Waals surface area contributed by atoms with Crippen LogP contribution in [0.3, 0.4) is 0 Å². The Morgan fingerprint density at radius 1 is 0.597 bits per heavy atom. The van der Waals surface area contributed by atoms with Gasteiger partial charge in [-0.05, 0) is 97.8 Å². The molecule has 7 aromatic carbocycles. The van der Waals surface area contributed by atoms with Gasteiger partial charge >= 0.3 is 0 Å². The minimum absolute atomic E-state index is 0. The Hall–Kier alpha value is -6.55. The van der Waals surface area contributed by atoms with Gasteiger partial charge in [-0.25, -0.2) is 4.98 Å². The minimum atomic E-state index is -0.0385. The van der Waals surface area contributed by atoms with E-state index in [2.05, 4.69) is 227 Å². The van der Waals surface area contributed by atoms with Crippen molar-refractivity contribution in [2.24, 2.45) is 0 Å². The van der Waals surface area contributed by atoms with Crippen LogP contribution in [0.25, 0.3) is 72.3 Å². The molecule has 338 valence electrons. The van der Waals surface area contributed by atoms with E-state index >= 15 is 0 Å². The Labute approximate surface area is 410 Å². The number of rotatable bonds is 10. The van der Waals surface area contributed by atoms with Crippen molar-refractivity contribution in [3.05, 3.63) is 199 Å². The summed E-state index contributed by atoms with van der Waals surface area (Å²) in [5.74, 6) is 2.53. The molecular weight excluding hydrogens is 1000 g/mol. The third kappa shape index (κ3) is 8.67. The van der Waals surface area contributed by atoms with Crippen LogP contribution < -0.4 is 9.30 Å². The average molecular weight is 1060 g/mol. The fourth-order valence-electron chi connectivity index (χ4n) is 9.41. The number of benzene rings is 7. The summed E-state index contributed by atoms with van der Waals surface area (Å²) in [6.45, 7) is 18.3. The Bertz CT molecular complexity index is 3370. The summed E-state index contributed by atoms with van der Waals surface area (Å²) in [6.07, 6.45) is 7.93. The number of para-hydroxylation sites is 4. The van der Waals surface area contributed by atoms with Crippen LogP contribution in [0, 0.1) is 18.5 Å². The molecule has 10 rings (SSSR count). The van der Waals surface area contributed by atoms with E-state index in [9.17, 15) is 0 Å². The zero-order valence-corrected chi connectivity index (χ0v) is 41.9. The SMILES string of the molecule is CCC(CC)c1ccnc(-n2c3[c-]c(Oc4[c-]c(-n5[c-][n+](-c6c(-c7ccccc7)cccc6-c6cc(C(C)(C)C)cc(C(C)(C)C)c6)c6ccccc65)ccc4)ccc3c3ccccc32)c1.[Pt]. The van der Waals surface area contributed by atoms with Crippen molar-refractivity contribution in [1.82, 2.24) is 14.1 Å². The molecule has 0 aliphatic rings. The molecular formula is C61H56N4OPt-2. The minimum Gasteiger partial charge on any atom is -0.510 e. The Morgan fingerprint density at radius 2 is 1.24 bits per heavy atom. The predicted molar refractivity (Wildman–Crippen MR) is 272 cm³/mol. The van der Waals surface area contributed by atoms with Crippen molar-refractivity contribution in [2.45, 2.75) is 85.0 Å². The molecule has 5 nitrogen and oxygen atoms in total. The molecule has 0 unspecified atom stereocenters. The molecule has 3 aromatic heterocycles. The third-order valence-corrected chi connectivity index (χ3v) is 13.1. The summed E-state index contributed by atoms with van der Waals surface area (Å²) in [7, 11) is 0. The summed E-state index contributed by atoms with van der Waals surface area (Å²) < 4.78 is 13.2. The van der Waals surface area contributed by atoms with Crippen LogP contribution in [-0.2, 0) is 31.9 Å². The largest absolute Gasteiger partial charge is 0.510 e. The first kappa shape index (κ1) is 45.6. The summed E-state index contributed by atoms with van der Waals surface area (Å²) in [6, 6.07) is 63.4. The predicted octanol–water partition coefficient (Wildman–Crippen LogP) is 15.4. The van der Waals surface area contributed by atoms with Gasteiger partial charge in [-0.3, -0.25) is 4.57 Å². The molecule has 0 aliphatic heterocycles. The van der Waals surface area contributed by atoms with Gasteiger partial charge in [0.15, 0.2) is 0 Å². The molecule has 0 spiro atoms. The number of ether oxygens (including phenoxy) is 1. The molecule has 0 aliphatic carbocycles. The number of aromatic nitrogens is 4. The summed E-state index contributed by atoms with van der Waals surface area (Å²) >= 11 is 0. The quantitative estimate of drug-likeness (QED) is 0.101. The molecule has 0 saturated carbocycles. The summed E-state index contributed by atoms with van der Waals surface area (Å²) in [5.41, 5.74) is 14.3. The van der Waals surface area contributed by atoms with Crippen molar-refractivity contribution < 1.29 is 30.4 Å². The van der Waals surface area contributed by atoms with Gasteiger partial charge in [0.2, 0.25) is 0 Å². The van der Waals surface area contributed by atoms with E-state index in [0.717, 1.165) is 79.6 Å². The fourth-order valence-corrected chi connectivity index (χ4v) is 9.41. The molecule has 0 saturated heterocycles. The fraction of sp³-hybridized carbons (Fsp3) is 0.213. The van der Waals surface area contributed by atoms with Crippen LogP contribution in [0.2, 0.25) is 0 Å². The van der Waals surface area contributed by atoms with Gasteiger partial charge in [0.1, 0.15) is 5.82 Å². The second-order valence-corrected chi connectivity index (χ2v) is 19.5. The van der Waals surface area contributed by atoms with E-state index in [0.29, 0.717) is 17.4 Å². The van der Waals surface area contributed by atoms with Crippen LogP contribution in [0.4, 0.5) is 0 Å². The van der Waals surface area contributed by atoms with Gasteiger partial charge in [0.25, 0.3) is 6.33 Å². The van der Waals surface area contributed by atoms with Crippen molar-refractivity contribution in [1.29, 1.82) is 0 Å². The van der Waals surface area contributed by atoms with E-state index in [4.69, 9.17) is 9.72 Å². The second kappa shape index (κ2) is 18.3. The molecule has 3 heterocycles. The zero-order chi connectivity index (χ0) is 45.7. The van der Waals surface area contributed by atoms with E-state index < -0.39 is 0 Å². The molecule has 0 N–H and O–H groups in total. The molecule has 0 radical (unpaired) electrons. The van der Waals surface area contributed by atoms with Crippen LogP contribution in [0.5, 0.6) is 11.5 Å². The third-order valence-electron chi connectivity index (χ3n) is 13.1. The zero-order valence-electron chi connectivity index (χ0n) is 39.6. The number of hydrogen-bond acceptors (Lipinski definition) is 2. The van der Waals surface area contributed by atoms with Crippen molar-refractivity contribution in [2.75, 3.05) is 0 Å². The van der Waals surface area contributed by atoms with Crippen molar-refractivity contribution >= 4 is 32.8 Å². The molecule has 67 heavy (non-hydrogen) atoms. The van der Waals surface area contributed by atoms with Gasteiger partial charge in [0.05, 0.1) is 16.7 Å². The van der Waals surface area contributed by atoms with Crippen LogP contribution in [0.15, 0.2) is 164 Å². The number of hydrogen-bond donors (Lipinski definition) is 0. The molecule has 0 amide bonds. The number of imidazole rings is 1. The average Bonchev–Trinajstić information content (AvgIpc) is 3.87. The number of fused-ring (bicyclic) bond motifs is 4. The Kier molecular flexibility index (Phi) is 12.4. The first-order valence-corrected chi connectivity index (χ1v) is 23.3. The maximum absolute atomic E-state index is 6.69. The molecule has 6 heteroatoms. The number of pyridine rings is 1. The second-order valence-electron chi connectivity index (χ2n) is 19.5. The van der Waals surface area contributed by atoms with E-state index in [1.54, 1.807) is 0 Å². The maximum Gasteiger partial charge on any atom is 0.268 e. The van der Waals surface area contributed by atoms with E-state index in [1.807, 2.05) is 24.4 Å². The first-order valence-electron chi connectivity index (χ1n) is 23.3. The normalized spacial score (nSPS) is 12.0. The molecule has 0 bridgehead atoms. The molecule has 0 atom stereocenters. The maximum atomic E-state index is 6.69. The van der Waals surface area contributed by atoms with Gasteiger partial charge < -0.3 is 13.9 Å². The topological polar surface area (TPSA) is 35.9 Å². The van der Waals surface area contributed by atoms with Gasteiger partial charge in [-0.2, -0.15) is 18.2 Å². The van der Waals surface area contributed by atoms with Gasteiger partial charge in [-0.15, -0.1) is 29.7 Å². The Balaban J connectivity index is 0.00000562.